The molecule has 130 valence electrons. The fraction of sp³-hybridized carbons (Fsp3) is 0.316. The summed E-state index contributed by atoms with van der Waals surface area (Å²) in [5, 5.41) is 4.28. The van der Waals surface area contributed by atoms with E-state index in [2.05, 4.69) is 26.3 Å². The van der Waals surface area contributed by atoms with E-state index in [0.29, 0.717) is 19.1 Å². The summed E-state index contributed by atoms with van der Waals surface area (Å²) in [7, 11) is 3.94. The van der Waals surface area contributed by atoms with Crippen molar-refractivity contribution in [1.29, 1.82) is 0 Å². The fourth-order valence-electron chi connectivity index (χ4n) is 2.63. The van der Waals surface area contributed by atoms with Crippen molar-refractivity contribution in [2.75, 3.05) is 37.5 Å². The van der Waals surface area contributed by atoms with Crippen molar-refractivity contribution < 1.29 is 4.74 Å². The smallest absolute Gasteiger partial charge is 0.224 e. The van der Waals surface area contributed by atoms with Gasteiger partial charge in [0.15, 0.2) is 0 Å². The van der Waals surface area contributed by atoms with Gasteiger partial charge in [-0.2, -0.15) is 4.98 Å². The van der Waals surface area contributed by atoms with E-state index in [0.717, 1.165) is 33.7 Å². The van der Waals surface area contributed by atoms with Crippen LogP contribution in [0.5, 0.6) is 5.75 Å². The van der Waals surface area contributed by atoms with Crippen LogP contribution in [0.4, 0.5) is 11.8 Å². The van der Waals surface area contributed by atoms with E-state index in [-0.39, 0.29) is 0 Å². The summed E-state index contributed by atoms with van der Waals surface area (Å²) >= 11 is 0. The normalized spacial score (nSPS) is 10.7. The Balaban J connectivity index is 1.63. The zero-order chi connectivity index (χ0) is 17.8. The van der Waals surface area contributed by atoms with Crippen LogP contribution in [-0.2, 0) is 0 Å². The Morgan fingerprint density at radius 1 is 1.08 bits per heavy atom. The molecule has 2 heterocycles. The molecular weight excluding hydrogens is 314 g/mol. The van der Waals surface area contributed by atoms with Crippen LogP contribution >= 0.6 is 0 Å². The number of benzene rings is 1. The van der Waals surface area contributed by atoms with E-state index in [1.54, 1.807) is 0 Å². The number of hydrogen-bond acceptors (Lipinski definition) is 6. The lowest BCUT2D eigenvalue weighted by atomic mass is 10.2. The Morgan fingerprint density at radius 3 is 2.72 bits per heavy atom. The van der Waals surface area contributed by atoms with Crippen LogP contribution in [0.1, 0.15) is 11.3 Å². The number of nitrogens with one attached hydrogen (secondary N) is 1. The van der Waals surface area contributed by atoms with Crippen molar-refractivity contribution >= 4 is 22.7 Å². The zero-order valence-electron chi connectivity index (χ0n) is 15.1. The van der Waals surface area contributed by atoms with E-state index in [9.17, 15) is 0 Å². The van der Waals surface area contributed by atoms with E-state index in [1.165, 1.54) is 0 Å². The maximum Gasteiger partial charge on any atom is 0.224 e. The number of nitrogens with zero attached hydrogens (tertiary/aromatic N) is 4. The Hall–Kier alpha value is -2.89. The minimum absolute atomic E-state index is 0.503. The van der Waals surface area contributed by atoms with Crippen LogP contribution in [-0.4, -0.2) is 42.2 Å². The predicted molar refractivity (Wildman–Crippen MR) is 102 cm³/mol. The number of fused-ring (bicyclic) bond motifs is 1. The summed E-state index contributed by atoms with van der Waals surface area (Å²) in [6.07, 6.45) is 1.82. The van der Waals surface area contributed by atoms with Gasteiger partial charge in [0.05, 0.1) is 6.54 Å². The van der Waals surface area contributed by atoms with Crippen molar-refractivity contribution in [2.24, 2.45) is 0 Å². The number of hydrogen-bond donors (Lipinski definition) is 1. The lowest BCUT2D eigenvalue weighted by Gasteiger charge is -2.15. The Morgan fingerprint density at radius 2 is 1.92 bits per heavy atom. The molecule has 1 aromatic carbocycles. The third kappa shape index (κ3) is 3.96. The van der Waals surface area contributed by atoms with Crippen LogP contribution in [0.3, 0.4) is 0 Å². The molecule has 25 heavy (non-hydrogen) atoms. The number of rotatable bonds is 6. The van der Waals surface area contributed by atoms with Crippen LogP contribution in [0, 0.1) is 13.8 Å². The zero-order valence-corrected chi connectivity index (χ0v) is 15.1. The highest BCUT2D eigenvalue weighted by Crippen LogP contribution is 2.23. The number of aryl methyl sites for hydroxylation is 2. The molecule has 1 N–H and O–H groups in total. The molecular formula is C19H23N5O. The molecule has 6 nitrogen and oxygen atoms in total. The lowest BCUT2D eigenvalue weighted by molar-refractivity contribution is 0.336. The predicted octanol–water partition coefficient (Wildman–Crippen LogP) is 3.20. The maximum atomic E-state index is 5.91. The first kappa shape index (κ1) is 17.0. The summed E-state index contributed by atoms with van der Waals surface area (Å²) in [5.41, 5.74) is 2.92. The van der Waals surface area contributed by atoms with Gasteiger partial charge in [-0.1, -0.05) is 18.2 Å². The molecule has 0 amide bonds. The number of anilines is 2. The van der Waals surface area contributed by atoms with Crippen molar-refractivity contribution in [3.8, 4) is 5.75 Å². The van der Waals surface area contributed by atoms with Gasteiger partial charge in [0.1, 0.15) is 23.7 Å². The van der Waals surface area contributed by atoms with Gasteiger partial charge >= 0.3 is 0 Å². The molecule has 0 spiro atoms. The van der Waals surface area contributed by atoms with Crippen molar-refractivity contribution in [3.63, 3.8) is 0 Å². The maximum absolute atomic E-state index is 5.91. The van der Waals surface area contributed by atoms with Crippen LogP contribution in [0.15, 0.2) is 36.5 Å². The summed E-state index contributed by atoms with van der Waals surface area (Å²) in [4.78, 5) is 15.4. The molecule has 0 aliphatic rings. The quantitative estimate of drug-likeness (QED) is 0.697. The number of aromatic nitrogens is 3. The number of para-hydroxylation sites is 1. The van der Waals surface area contributed by atoms with Gasteiger partial charge in [-0.05, 0) is 26.0 Å². The lowest BCUT2D eigenvalue weighted by Crippen LogP contribution is -2.17. The molecule has 2 aromatic heterocycles. The summed E-state index contributed by atoms with van der Waals surface area (Å²) < 4.78 is 5.91. The molecule has 3 aromatic rings. The van der Waals surface area contributed by atoms with Crippen LogP contribution < -0.4 is 15.0 Å². The second-order valence-corrected chi connectivity index (χ2v) is 6.15. The van der Waals surface area contributed by atoms with Crippen molar-refractivity contribution in [3.05, 3.63) is 47.8 Å². The average molecular weight is 337 g/mol. The summed E-state index contributed by atoms with van der Waals surface area (Å²) in [5.74, 6) is 2.30. The fourth-order valence-corrected chi connectivity index (χ4v) is 2.63. The molecule has 0 aliphatic carbocycles. The molecule has 0 saturated carbocycles. The molecule has 0 radical (unpaired) electrons. The first-order chi connectivity index (χ1) is 12.0. The van der Waals surface area contributed by atoms with E-state index < -0.39 is 0 Å². The van der Waals surface area contributed by atoms with Gasteiger partial charge in [-0.25, -0.2) is 9.97 Å². The van der Waals surface area contributed by atoms with Gasteiger partial charge in [-0.15, -0.1) is 0 Å². The molecule has 6 heteroatoms. The monoisotopic (exact) mass is 337 g/mol. The highest BCUT2D eigenvalue weighted by Gasteiger charge is 2.06. The summed E-state index contributed by atoms with van der Waals surface area (Å²) in [6, 6.07) is 10.0. The largest absolute Gasteiger partial charge is 0.489 e. The van der Waals surface area contributed by atoms with Gasteiger partial charge in [0, 0.05) is 36.9 Å². The first-order valence-corrected chi connectivity index (χ1v) is 8.28. The molecule has 0 unspecified atom stereocenters. The molecule has 0 saturated heterocycles. The van der Waals surface area contributed by atoms with Crippen LogP contribution in [0.2, 0.25) is 0 Å². The average Bonchev–Trinajstić information content (AvgIpc) is 2.60. The van der Waals surface area contributed by atoms with E-state index in [4.69, 9.17) is 4.74 Å². The molecule has 3 rings (SSSR count). The van der Waals surface area contributed by atoms with Gasteiger partial charge < -0.3 is 15.0 Å². The molecule has 0 aliphatic heterocycles. The van der Waals surface area contributed by atoms with E-state index in [1.807, 2.05) is 63.3 Å². The summed E-state index contributed by atoms with van der Waals surface area (Å²) in [6.45, 7) is 5.09. The third-order valence-corrected chi connectivity index (χ3v) is 3.83. The van der Waals surface area contributed by atoms with Gasteiger partial charge in [-0.3, -0.25) is 0 Å². The Bertz CT molecular complexity index is 879. The molecule has 0 atom stereocenters. The number of pyridine rings is 1. The molecule has 0 bridgehead atoms. The standard InChI is InChI=1S/C19H23N5O/c1-13-12-21-19(23-18(13)24(3)4)20-10-11-25-16-7-5-6-15-9-8-14(2)22-17(15)16/h5-9,12H,10-11H2,1-4H3,(H,20,21,23). The third-order valence-electron chi connectivity index (χ3n) is 3.83. The highest BCUT2D eigenvalue weighted by molar-refractivity contribution is 5.84. The second-order valence-electron chi connectivity index (χ2n) is 6.15. The van der Waals surface area contributed by atoms with E-state index >= 15 is 0 Å². The SMILES string of the molecule is Cc1ccc2cccc(OCCNc3ncc(C)c(N(C)C)n3)c2n1. The topological polar surface area (TPSA) is 63.2 Å². The Kier molecular flexibility index (Phi) is 4.97. The Labute approximate surface area is 147 Å². The second kappa shape index (κ2) is 7.34. The molecule has 0 fully saturated rings. The van der Waals surface area contributed by atoms with Crippen molar-refractivity contribution in [1.82, 2.24) is 15.0 Å². The first-order valence-electron chi connectivity index (χ1n) is 8.28. The van der Waals surface area contributed by atoms with Crippen molar-refractivity contribution in [2.45, 2.75) is 13.8 Å². The number of ether oxygens (including phenoxy) is 1. The minimum atomic E-state index is 0.503. The minimum Gasteiger partial charge on any atom is -0.489 e. The van der Waals surface area contributed by atoms with Gasteiger partial charge in [0.2, 0.25) is 5.95 Å². The highest BCUT2D eigenvalue weighted by atomic mass is 16.5. The van der Waals surface area contributed by atoms with Crippen LogP contribution in [0.25, 0.3) is 10.9 Å². The van der Waals surface area contributed by atoms with Gasteiger partial charge in [0.25, 0.3) is 0 Å².